The van der Waals surface area contributed by atoms with Crippen LogP contribution in [-0.2, 0) is 0 Å². The van der Waals surface area contributed by atoms with Crippen LogP contribution < -0.4 is 0 Å². The van der Waals surface area contributed by atoms with E-state index in [1.165, 1.54) is 0 Å². The van der Waals surface area contributed by atoms with Crippen LogP contribution >= 0.6 is 43.5 Å². The van der Waals surface area contributed by atoms with Crippen molar-refractivity contribution in [3.63, 3.8) is 0 Å². The summed E-state index contributed by atoms with van der Waals surface area (Å²) >= 11 is 12.5. The first-order valence-corrected chi connectivity index (χ1v) is 6.48. The minimum atomic E-state index is -0.220. The maximum Gasteiger partial charge on any atom is 0.178 e. The van der Waals surface area contributed by atoms with Crippen molar-refractivity contribution in [3.8, 4) is 0 Å². The average Bonchev–Trinajstić information content (AvgIpc) is 2.15. The highest BCUT2D eigenvalue weighted by Gasteiger charge is 2.17. The number of hydrogen-bond acceptors (Lipinski definition) is 1. The highest BCUT2D eigenvalue weighted by molar-refractivity contribution is 9.12. The van der Waals surface area contributed by atoms with Crippen molar-refractivity contribution in [2.75, 3.05) is 5.33 Å². The number of ketones is 1. The summed E-state index contributed by atoms with van der Waals surface area (Å²) in [5.41, 5.74) is 1.62. The Hall–Kier alpha value is 0.140. The van der Waals surface area contributed by atoms with Gasteiger partial charge in [-0.25, -0.2) is 0 Å². The summed E-state index contributed by atoms with van der Waals surface area (Å²) in [5, 5.41) is 1.09. The van der Waals surface area contributed by atoms with Gasteiger partial charge < -0.3 is 0 Å². The molecule has 0 radical (unpaired) electrons. The quantitative estimate of drug-likeness (QED) is 0.601. The van der Waals surface area contributed by atoms with Gasteiger partial charge in [0.25, 0.3) is 0 Å². The third-order valence-electron chi connectivity index (χ3n) is 1.81. The maximum atomic E-state index is 11.7. The molecule has 0 N–H and O–H groups in total. The number of benzene rings is 1. The van der Waals surface area contributed by atoms with Crippen LogP contribution in [0.25, 0.3) is 0 Å². The molecule has 4 heteroatoms. The predicted molar refractivity (Wildman–Crippen MR) is 67.0 cm³/mol. The fourth-order valence-electron chi connectivity index (χ4n) is 1.06. The van der Waals surface area contributed by atoms with Crippen molar-refractivity contribution >= 4 is 49.2 Å². The third kappa shape index (κ3) is 2.81. The number of carbonyl (C=O) groups is 1. The lowest BCUT2D eigenvalue weighted by Crippen LogP contribution is -2.15. The van der Waals surface area contributed by atoms with Crippen LogP contribution in [0.3, 0.4) is 0 Å². The lowest BCUT2D eigenvalue weighted by atomic mass is 10.1. The summed E-state index contributed by atoms with van der Waals surface area (Å²) in [6, 6.07) is 5.44. The lowest BCUT2D eigenvalue weighted by Gasteiger charge is -2.07. The molecule has 76 valence electrons. The van der Waals surface area contributed by atoms with Gasteiger partial charge in [0.2, 0.25) is 0 Å². The van der Waals surface area contributed by atoms with E-state index in [1.807, 2.05) is 13.0 Å². The molecule has 0 aromatic heterocycles. The van der Waals surface area contributed by atoms with Crippen LogP contribution in [0.5, 0.6) is 0 Å². The first-order valence-electron chi connectivity index (χ1n) is 4.06. The molecule has 1 unspecified atom stereocenters. The van der Waals surface area contributed by atoms with Gasteiger partial charge in [0.05, 0.1) is 9.85 Å². The molecule has 1 nitrogen and oxygen atoms in total. The Morgan fingerprint density at radius 2 is 2.21 bits per heavy atom. The number of aryl methyl sites for hydroxylation is 1. The number of carbonyl (C=O) groups excluding carboxylic acids is 1. The Labute approximate surface area is 105 Å². The Morgan fingerprint density at radius 3 is 2.71 bits per heavy atom. The first-order chi connectivity index (χ1) is 6.56. The van der Waals surface area contributed by atoms with Crippen LogP contribution in [0.2, 0.25) is 5.02 Å². The lowest BCUT2D eigenvalue weighted by molar-refractivity contribution is 0.0997. The molecule has 1 aromatic rings. The molecule has 0 saturated heterocycles. The first kappa shape index (κ1) is 12.2. The van der Waals surface area contributed by atoms with Crippen molar-refractivity contribution in [2.24, 2.45) is 0 Å². The van der Waals surface area contributed by atoms with E-state index < -0.39 is 0 Å². The maximum absolute atomic E-state index is 11.7. The molecule has 1 aromatic carbocycles. The van der Waals surface area contributed by atoms with Gasteiger partial charge in [0, 0.05) is 10.9 Å². The summed E-state index contributed by atoms with van der Waals surface area (Å²) in [4.78, 5) is 11.5. The van der Waals surface area contributed by atoms with E-state index in [0.29, 0.717) is 15.9 Å². The molecular formula is C10H9Br2ClO. The van der Waals surface area contributed by atoms with E-state index >= 15 is 0 Å². The second-order valence-corrected chi connectivity index (χ2v) is 5.13. The molecule has 1 atom stereocenters. The highest BCUT2D eigenvalue weighted by atomic mass is 79.9. The largest absolute Gasteiger partial charge is 0.293 e. The van der Waals surface area contributed by atoms with E-state index in [0.717, 1.165) is 5.56 Å². The number of halogens is 3. The van der Waals surface area contributed by atoms with E-state index in [-0.39, 0.29) is 10.6 Å². The van der Waals surface area contributed by atoms with Gasteiger partial charge >= 0.3 is 0 Å². The molecule has 0 aliphatic heterocycles. The van der Waals surface area contributed by atoms with Gasteiger partial charge in [-0.3, -0.25) is 4.79 Å². The smallest absolute Gasteiger partial charge is 0.178 e. The molecule has 0 aliphatic carbocycles. The van der Waals surface area contributed by atoms with E-state index in [1.54, 1.807) is 12.1 Å². The van der Waals surface area contributed by atoms with Crippen molar-refractivity contribution < 1.29 is 4.79 Å². The van der Waals surface area contributed by atoms with Gasteiger partial charge in [0.1, 0.15) is 0 Å². The zero-order valence-corrected chi connectivity index (χ0v) is 11.5. The molecule has 0 fully saturated rings. The molecule has 14 heavy (non-hydrogen) atoms. The summed E-state index contributed by atoms with van der Waals surface area (Å²) in [6.07, 6.45) is 0. The number of alkyl halides is 2. The number of rotatable bonds is 3. The van der Waals surface area contributed by atoms with Gasteiger partial charge in [-0.1, -0.05) is 49.5 Å². The minimum Gasteiger partial charge on any atom is -0.293 e. The zero-order valence-electron chi connectivity index (χ0n) is 7.56. The van der Waals surface area contributed by atoms with Gasteiger partial charge in [-0.2, -0.15) is 0 Å². The fraction of sp³-hybridized carbons (Fsp3) is 0.300. The highest BCUT2D eigenvalue weighted by Crippen LogP contribution is 2.21. The summed E-state index contributed by atoms with van der Waals surface area (Å²) in [7, 11) is 0. The topological polar surface area (TPSA) is 17.1 Å². The molecule has 0 aliphatic rings. The van der Waals surface area contributed by atoms with Crippen LogP contribution in [0, 0.1) is 6.92 Å². The van der Waals surface area contributed by atoms with Crippen LogP contribution in [0.4, 0.5) is 0 Å². The second-order valence-electron chi connectivity index (χ2n) is 2.97. The van der Waals surface area contributed by atoms with Crippen molar-refractivity contribution in [1.82, 2.24) is 0 Å². The molecule has 0 heterocycles. The third-order valence-corrected chi connectivity index (χ3v) is 4.38. The Balaban J connectivity index is 3.02. The standard InChI is InChI=1S/C10H9Br2ClO/c1-6-2-3-7(9(13)4-6)10(14)8(12)5-11/h2-4,8H,5H2,1H3. The van der Waals surface area contributed by atoms with Crippen molar-refractivity contribution in [1.29, 1.82) is 0 Å². The number of hydrogen-bond donors (Lipinski definition) is 0. The van der Waals surface area contributed by atoms with Gasteiger partial charge in [-0.15, -0.1) is 0 Å². The summed E-state index contributed by atoms with van der Waals surface area (Å²) < 4.78 is 0. The molecule has 0 bridgehead atoms. The normalized spacial score (nSPS) is 12.6. The molecule has 1 rings (SSSR count). The van der Waals surface area contributed by atoms with Crippen LogP contribution in [0.15, 0.2) is 18.2 Å². The van der Waals surface area contributed by atoms with E-state index in [4.69, 9.17) is 11.6 Å². The SMILES string of the molecule is Cc1ccc(C(=O)C(Br)CBr)c(Cl)c1. The Bertz CT molecular complexity index is 352. The van der Waals surface area contributed by atoms with Crippen LogP contribution in [-0.4, -0.2) is 15.9 Å². The average molecular weight is 340 g/mol. The predicted octanol–water partition coefficient (Wildman–Crippen LogP) is 3.99. The molecule has 0 spiro atoms. The van der Waals surface area contributed by atoms with Crippen molar-refractivity contribution in [3.05, 3.63) is 34.3 Å². The Morgan fingerprint density at radius 1 is 1.57 bits per heavy atom. The summed E-state index contributed by atoms with van der Waals surface area (Å²) in [5.74, 6) is 0.00637. The fourth-order valence-corrected chi connectivity index (χ4v) is 1.93. The van der Waals surface area contributed by atoms with Gasteiger partial charge in [-0.05, 0) is 24.6 Å². The zero-order chi connectivity index (χ0) is 10.7. The van der Waals surface area contributed by atoms with E-state index in [2.05, 4.69) is 31.9 Å². The van der Waals surface area contributed by atoms with Crippen LogP contribution in [0.1, 0.15) is 15.9 Å². The Kier molecular flexibility index (Phi) is 4.61. The summed E-state index contributed by atoms with van der Waals surface area (Å²) in [6.45, 7) is 1.94. The monoisotopic (exact) mass is 338 g/mol. The van der Waals surface area contributed by atoms with E-state index in [9.17, 15) is 4.79 Å². The second kappa shape index (κ2) is 5.29. The number of Topliss-reactive ketones (excluding diaryl/α,β-unsaturated/α-hetero) is 1. The van der Waals surface area contributed by atoms with Crippen molar-refractivity contribution in [2.45, 2.75) is 11.8 Å². The molecule has 0 amide bonds. The minimum absolute atomic E-state index is 0.00637. The molecular weight excluding hydrogens is 331 g/mol. The molecule has 0 saturated carbocycles. The van der Waals surface area contributed by atoms with Gasteiger partial charge in [0.15, 0.2) is 5.78 Å².